The molecule has 0 heterocycles. The van der Waals surface area contributed by atoms with Gasteiger partial charge in [-0.05, 0) is 38.5 Å². The molecule has 0 aromatic rings. The van der Waals surface area contributed by atoms with E-state index in [9.17, 15) is 5.11 Å². The molecule has 0 saturated carbocycles. The maximum atomic E-state index is 10.1. The van der Waals surface area contributed by atoms with E-state index in [4.69, 9.17) is 0 Å². The summed E-state index contributed by atoms with van der Waals surface area (Å²) in [7, 11) is 0. The van der Waals surface area contributed by atoms with Gasteiger partial charge in [0.25, 0.3) is 0 Å². The molecule has 0 unspecified atom stereocenters. The zero-order valence-corrected chi connectivity index (χ0v) is 29.8. The van der Waals surface area contributed by atoms with Crippen molar-refractivity contribution in [2.75, 3.05) is 32.8 Å². The second-order valence-corrected chi connectivity index (χ2v) is 13.5. The van der Waals surface area contributed by atoms with Crippen molar-refractivity contribution in [3.05, 3.63) is 0 Å². The molecule has 0 aliphatic carbocycles. The fourth-order valence-electron chi connectivity index (χ4n) is 6.69. The summed E-state index contributed by atoms with van der Waals surface area (Å²) < 4.78 is 1.21. The fraction of sp³-hybridized carbons (Fsp3) is 1.00. The van der Waals surface area contributed by atoms with Crippen LogP contribution >= 0.6 is 0 Å². The van der Waals surface area contributed by atoms with Crippen LogP contribution in [0.25, 0.3) is 0 Å². The van der Waals surface area contributed by atoms with E-state index in [-0.39, 0.29) is 12.4 Å². The van der Waals surface area contributed by atoms with Gasteiger partial charge in [0.2, 0.25) is 0 Å². The second kappa shape index (κ2) is 36.4. The summed E-state index contributed by atoms with van der Waals surface area (Å²) in [4.78, 5) is 0. The van der Waals surface area contributed by atoms with E-state index in [0.717, 1.165) is 6.54 Å². The van der Waals surface area contributed by atoms with Gasteiger partial charge in [0.05, 0.1) is 26.2 Å². The molecule has 0 aromatic carbocycles. The van der Waals surface area contributed by atoms with Gasteiger partial charge < -0.3 is 22.0 Å². The number of aliphatic hydroxyl groups is 1. The highest BCUT2D eigenvalue weighted by Crippen LogP contribution is 2.19. The average Bonchev–Trinajstić information content (AvgIpc) is 2.96. The third kappa shape index (κ3) is 31.4. The van der Waals surface area contributed by atoms with Crippen LogP contribution in [-0.2, 0) is 0 Å². The SMILES string of the molecule is CCCCCCCCCCCC[N+](CCO)(CCCCCCCCCCCC)CCCCCCCCCCCC.[Cl-]. The molecule has 0 aromatic heterocycles. The van der Waals surface area contributed by atoms with Gasteiger partial charge in [0, 0.05) is 0 Å². The van der Waals surface area contributed by atoms with Gasteiger partial charge in [-0.2, -0.15) is 0 Å². The Morgan fingerprint density at radius 1 is 0.293 bits per heavy atom. The van der Waals surface area contributed by atoms with E-state index in [1.807, 2.05) is 0 Å². The summed E-state index contributed by atoms with van der Waals surface area (Å²) in [5.74, 6) is 0. The molecule has 41 heavy (non-hydrogen) atoms. The van der Waals surface area contributed by atoms with Crippen molar-refractivity contribution in [3.63, 3.8) is 0 Å². The number of aliphatic hydroxyl groups excluding tert-OH is 1. The molecular weight excluding hydrogens is 522 g/mol. The Morgan fingerprint density at radius 3 is 0.683 bits per heavy atom. The van der Waals surface area contributed by atoms with Crippen molar-refractivity contribution in [1.82, 2.24) is 0 Å². The maximum absolute atomic E-state index is 10.1. The lowest BCUT2D eigenvalue weighted by Gasteiger charge is -2.39. The number of nitrogens with zero attached hydrogens (tertiary/aromatic N) is 1. The summed E-state index contributed by atoms with van der Waals surface area (Å²) in [6.07, 6.45) is 42.5. The Labute approximate surface area is 267 Å². The summed E-state index contributed by atoms with van der Waals surface area (Å²) >= 11 is 0. The van der Waals surface area contributed by atoms with Crippen LogP contribution in [0.3, 0.4) is 0 Å². The smallest absolute Gasteiger partial charge is 0.102 e. The highest BCUT2D eigenvalue weighted by molar-refractivity contribution is 4.55. The average molecular weight is 603 g/mol. The summed E-state index contributed by atoms with van der Waals surface area (Å²) in [5.41, 5.74) is 0. The minimum absolute atomic E-state index is 0. The van der Waals surface area contributed by atoms with Gasteiger partial charge in [0.1, 0.15) is 6.54 Å². The van der Waals surface area contributed by atoms with Gasteiger partial charge in [-0.25, -0.2) is 0 Å². The molecule has 0 saturated heterocycles. The second-order valence-electron chi connectivity index (χ2n) is 13.5. The van der Waals surface area contributed by atoms with Crippen molar-refractivity contribution in [2.45, 2.75) is 213 Å². The molecule has 0 fully saturated rings. The molecule has 250 valence electrons. The molecule has 0 aliphatic rings. The molecule has 0 rings (SSSR count). The number of quaternary nitrogens is 1. The summed E-state index contributed by atoms with van der Waals surface area (Å²) in [5, 5.41) is 10.1. The number of halogens is 1. The molecule has 0 radical (unpaired) electrons. The third-order valence-electron chi connectivity index (χ3n) is 9.53. The first-order valence-electron chi connectivity index (χ1n) is 19.2. The Morgan fingerprint density at radius 2 is 0.488 bits per heavy atom. The predicted octanol–water partition coefficient (Wildman–Crippen LogP) is 9.56. The van der Waals surface area contributed by atoms with Crippen LogP contribution in [0.1, 0.15) is 213 Å². The molecular formula is C38H80ClNO. The molecule has 3 heteroatoms. The van der Waals surface area contributed by atoms with E-state index < -0.39 is 0 Å². The van der Waals surface area contributed by atoms with Gasteiger partial charge in [0.15, 0.2) is 0 Å². The van der Waals surface area contributed by atoms with E-state index in [1.54, 1.807) is 0 Å². The maximum Gasteiger partial charge on any atom is 0.102 e. The number of unbranched alkanes of at least 4 members (excludes halogenated alkanes) is 27. The molecule has 0 amide bonds. The standard InChI is InChI=1S/C38H80NO.ClH/c1-4-7-10-13-16-19-22-25-28-31-34-39(37-38-40,35-32-29-26-23-20-17-14-11-8-5-2)36-33-30-27-24-21-18-15-12-9-6-3;/h40H,4-38H2,1-3H3;1H/q+1;/p-1. The van der Waals surface area contributed by atoms with Crippen molar-refractivity contribution >= 4 is 0 Å². The lowest BCUT2D eigenvalue weighted by atomic mass is 10.0. The highest BCUT2D eigenvalue weighted by Gasteiger charge is 2.25. The molecule has 1 N–H and O–H groups in total. The van der Waals surface area contributed by atoms with Crippen LogP contribution < -0.4 is 12.4 Å². The van der Waals surface area contributed by atoms with Crippen LogP contribution in [0.15, 0.2) is 0 Å². The van der Waals surface area contributed by atoms with E-state index in [2.05, 4.69) is 20.8 Å². The number of hydrogen-bond acceptors (Lipinski definition) is 1. The minimum Gasteiger partial charge on any atom is -1.00 e. The quantitative estimate of drug-likeness (QED) is 0.0566. The lowest BCUT2D eigenvalue weighted by Crippen LogP contribution is -3.00. The Balaban J connectivity index is 0. The molecule has 0 atom stereocenters. The van der Waals surface area contributed by atoms with Crippen LogP contribution in [-0.4, -0.2) is 42.4 Å². The van der Waals surface area contributed by atoms with E-state index in [1.165, 1.54) is 217 Å². The lowest BCUT2D eigenvalue weighted by molar-refractivity contribution is -0.929. The fourth-order valence-corrected chi connectivity index (χ4v) is 6.69. The first-order chi connectivity index (χ1) is 19.7. The van der Waals surface area contributed by atoms with Crippen LogP contribution in [0.4, 0.5) is 0 Å². The molecule has 0 aliphatic heterocycles. The largest absolute Gasteiger partial charge is 1.00 e. The van der Waals surface area contributed by atoms with Crippen molar-refractivity contribution in [3.8, 4) is 0 Å². The van der Waals surface area contributed by atoms with Crippen LogP contribution in [0, 0.1) is 0 Å². The first-order valence-corrected chi connectivity index (χ1v) is 19.2. The summed E-state index contributed by atoms with van der Waals surface area (Å²) in [6.45, 7) is 12.2. The van der Waals surface area contributed by atoms with Gasteiger partial charge in [-0.15, -0.1) is 0 Å². The highest BCUT2D eigenvalue weighted by atomic mass is 35.5. The Kier molecular flexibility index (Phi) is 38.5. The summed E-state index contributed by atoms with van der Waals surface area (Å²) in [6, 6.07) is 0. The van der Waals surface area contributed by atoms with Crippen molar-refractivity contribution < 1.29 is 22.0 Å². The number of hydrogen-bond donors (Lipinski definition) is 1. The van der Waals surface area contributed by atoms with Crippen molar-refractivity contribution in [1.29, 1.82) is 0 Å². The molecule has 2 nitrogen and oxygen atoms in total. The van der Waals surface area contributed by atoms with Gasteiger partial charge >= 0.3 is 0 Å². The topological polar surface area (TPSA) is 20.2 Å². The number of rotatable bonds is 35. The van der Waals surface area contributed by atoms with E-state index in [0.29, 0.717) is 6.61 Å². The predicted molar refractivity (Wildman–Crippen MR) is 182 cm³/mol. The minimum atomic E-state index is 0. The monoisotopic (exact) mass is 602 g/mol. The zero-order valence-electron chi connectivity index (χ0n) is 29.0. The Hall–Kier alpha value is 0.210. The normalized spacial score (nSPS) is 11.7. The van der Waals surface area contributed by atoms with Crippen LogP contribution in [0.5, 0.6) is 0 Å². The van der Waals surface area contributed by atoms with Crippen molar-refractivity contribution in [2.24, 2.45) is 0 Å². The zero-order chi connectivity index (χ0) is 29.2. The first kappa shape index (κ1) is 43.3. The third-order valence-corrected chi connectivity index (χ3v) is 9.53. The van der Waals surface area contributed by atoms with Gasteiger partial charge in [-0.3, -0.25) is 0 Å². The van der Waals surface area contributed by atoms with E-state index >= 15 is 0 Å². The van der Waals surface area contributed by atoms with Crippen LogP contribution in [0.2, 0.25) is 0 Å². The Bertz CT molecular complexity index is 398. The molecule has 0 spiro atoms. The van der Waals surface area contributed by atoms with Gasteiger partial charge in [-0.1, -0.05) is 175 Å². The molecule has 0 bridgehead atoms.